The van der Waals surface area contributed by atoms with Crippen LogP contribution in [0.5, 0.6) is 5.75 Å². The van der Waals surface area contributed by atoms with Crippen molar-refractivity contribution in [3.8, 4) is 5.75 Å². The van der Waals surface area contributed by atoms with Gasteiger partial charge in [0.1, 0.15) is 18.1 Å². The molecule has 0 unspecified atom stereocenters. The summed E-state index contributed by atoms with van der Waals surface area (Å²) in [6.45, 7) is 10.8. The fourth-order valence-electron chi connectivity index (χ4n) is 3.74. The molecule has 0 bridgehead atoms. The molecule has 2 aromatic rings. The molecule has 0 amide bonds. The molecule has 2 N–H and O–H groups in total. The number of aryl methyl sites for hydroxylation is 1. The Balaban J connectivity index is 1.67. The van der Waals surface area contributed by atoms with Crippen molar-refractivity contribution in [2.75, 3.05) is 31.1 Å². The van der Waals surface area contributed by atoms with E-state index in [1.54, 1.807) is 6.07 Å². The maximum absolute atomic E-state index is 13.9. The minimum atomic E-state index is -0.149. The van der Waals surface area contributed by atoms with Crippen LogP contribution >= 0.6 is 0 Å². The summed E-state index contributed by atoms with van der Waals surface area (Å²) in [5.41, 5.74) is 4.17. The summed E-state index contributed by atoms with van der Waals surface area (Å²) in [7, 11) is 0. The first-order chi connectivity index (χ1) is 12.0. The standard InChI is InChI=1S/C21H27FN2O/c1-15(2)18-13-17(21(25)12-16(18)3)14-23-8-10-24(11-9-23)20-7-5-4-6-19(20)22/h4-7,12-13,15,25H,8-11,14H2,1-3H3/p+1. The van der Waals surface area contributed by atoms with Gasteiger partial charge in [-0.1, -0.05) is 26.0 Å². The number of phenols is 1. The highest BCUT2D eigenvalue weighted by Crippen LogP contribution is 2.27. The van der Waals surface area contributed by atoms with Crippen LogP contribution < -0.4 is 9.80 Å². The number of aromatic hydroxyl groups is 1. The first kappa shape index (κ1) is 17.7. The monoisotopic (exact) mass is 343 g/mol. The van der Waals surface area contributed by atoms with Crippen molar-refractivity contribution >= 4 is 5.69 Å². The maximum atomic E-state index is 13.9. The molecule has 0 radical (unpaired) electrons. The summed E-state index contributed by atoms with van der Waals surface area (Å²) in [6.07, 6.45) is 0. The second-order valence-electron chi connectivity index (χ2n) is 7.36. The molecule has 134 valence electrons. The molecule has 3 rings (SSSR count). The molecular weight excluding hydrogens is 315 g/mol. The molecule has 25 heavy (non-hydrogen) atoms. The number of nitrogens with zero attached hydrogens (tertiary/aromatic N) is 1. The lowest BCUT2D eigenvalue weighted by Crippen LogP contribution is -3.13. The summed E-state index contributed by atoms with van der Waals surface area (Å²) in [4.78, 5) is 3.55. The fourth-order valence-corrected chi connectivity index (χ4v) is 3.74. The van der Waals surface area contributed by atoms with Gasteiger partial charge in [-0.2, -0.15) is 0 Å². The maximum Gasteiger partial charge on any atom is 0.146 e. The lowest BCUT2D eigenvalue weighted by molar-refractivity contribution is -0.914. The van der Waals surface area contributed by atoms with Gasteiger partial charge in [0.15, 0.2) is 0 Å². The third kappa shape index (κ3) is 3.96. The van der Waals surface area contributed by atoms with E-state index in [9.17, 15) is 9.50 Å². The number of phenolic OH excluding ortho intramolecular Hbond substituents is 1. The third-order valence-electron chi connectivity index (χ3n) is 5.19. The smallest absolute Gasteiger partial charge is 0.146 e. The van der Waals surface area contributed by atoms with E-state index in [2.05, 4.69) is 31.7 Å². The molecule has 1 heterocycles. The van der Waals surface area contributed by atoms with Crippen LogP contribution in [0.3, 0.4) is 0 Å². The minimum absolute atomic E-state index is 0.149. The van der Waals surface area contributed by atoms with Gasteiger partial charge in [-0.25, -0.2) is 4.39 Å². The number of hydrogen-bond acceptors (Lipinski definition) is 2. The van der Waals surface area contributed by atoms with Crippen LogP contribution in [0.15, 0.2) is 36.4 Å². The summed E-state index contributed by atoms with van der Waals surface area (Å²) < 4.78 is 13.9. The van der Waals surface area contributed by atoms with Crippen molar-refractivity contribution in [1.29, 1.82) is 0 Å². The number of para-hydroxylation sites is 1. The van der Waals surface area contributed by atoms with E-state index in [0.29, 0.717) is 17.4 Å². The van der Waals surface area contributed by atoms with E-state index in [4.69, 9.17) is 0 Å². The molecule has 1 fully saturated rings. The number of nitrogens with one attached hydrogen (secondary N) is 1. The zero-order valence-corrected chi connectivity index (χ0v) is 15.3. The van der Waals surface area contributed by atoms with Crippen molar-refractivity contribution in [2.45, 2.75) is 33.2 Å². The Kier molecular flexibility index (Phi) is 5.28. The van der Waals surface area contributed by atoms with Gasteiger partial charge in [-0.3, -0.25) is 0 Å². The molecule has 0 atom stereocenters. The Morgan fingerprint density at radius 1 is 1.16 bits per heavy atom. The summed E-state index contributed by atoms with van der Waals surface area (Å²) in [5, 5.41) is 10.3. The Morgan fingerprint density at radius 3 is 2.48 bits per heavy atom. The van der Waals surface area contributed by atoms with Gasteiger partial charge in [0, 0.05) is 5.56 Å². The molecule has 1 aliphatic heterocycles. The average Bonchev–Trinajstić information content (AvgIpc) is 2.58. The highest BCUT2D eigenvalue weighted by molar-refractivity contribution is 5.47. The van der Waals surface area contributed by atoms with Crippen molar-refractivity contribution in [2.24, 2.45) is 0 Å². The average molecular weight is 343 g/mol. The fraction of sp³-hybridized carbons (Fsp3) is 0.429. The van der Waals surface area contributed by atoms with E-state index >= 15 is 0 Å². The molecule has 0 spiro atoms. The minimum Gasteiger partial charge on any atom is -0.507 e. The van der Waals surface area contributed by atoms with Gasteiger partial charge in [0.05, 0.1) is 31.9 Å². The van der Waals surface area contributed by atoms with Crippen LogP contribution in [0.1, 0.15) is 36.5 Å². The van der Waals surface area contributed by atoms with Gasteiger partial charge >= 0.3 is 0 Å². The molecular formula is C21H28FN2O+. The highest BCUT2D eigenvalue weighted by atomic mass is 19.1. The van der Waals surface area contributed by atoms with Crippen LogP contribution in [0.2, 0.25) is 0 Å². The molecule has 3 nitrogen and oxygen atoms in total. The predicted octanol–water partition coefficient (Wildman–Crippen LogP) is 2.87. The number of halogens is 1. The zero-order valence-electron chi connectivity index (χ0n) is 15.3. The summed E-state index contributed by atoms with van der Waals surface area (Å²) in [5.74, 6) is 0.696. The van der Waals surface area contributed by atoms with Gasteiger partial charge < -0.3 is 14.9 Å². The van der Waals surface area contributed by atoms with Gasteiger partial charge in [-0.05, 0) is 48.2 Å². The number of piperazine rings is 1. The van der Waals surface area contributed by atoms with E-state index in [1.165, 1.54) is 16.5 Å². The summed E-state index contributed by atoms with van der Waals surface area (Å²) >= 11 is 0. The molecule has 0 aromatic heterocycles. The molecule has 0 saturated carbocycles. The molecule has 1 saturated heterocycles. The van der Waals surface area contributed by atoms with Crippen molar-refractivity contribution in [1.82, 2.24) is 0 Å². The van der Waals surface area contributed by atoms with E-state index in [0.717, 1.165) is 43.9 Å². The van der Waals surface area contributed by atoms with Crippen LogP contribution in [0.25, 0.3) is 0 Å². The van der Waals surface area contributed by atoms with Crippen molar-refractivity contribution in [3.05, 3.63) is 58.9 Å². The molecule has 2 aromatic carbocycles. The largest absolute Gasteiger partial charge is 0.507 e. The lowest BCUT2D eigenvalue weighted by atomic mass is 9.95. The van der Waals surface area contributed by atoms with Crippen molar-refractivity contribution in [3.63, 3.8) is 0 Å². The highest BCUT2D eigenvalue weighted by Gasteiger charge is 2.23. The lowest BCUT2D eigenvalue weighted by Gasteiger charge is -2.34. The second kappa shape index (κ2) is 7.44. The molecule has 4 heteroatoms. The topological polar surface area (TPSA) is 27.9 Å². The zero-order chi connectivity index (χ0) is 18.0. The number of anilines is 1. The SMILES string of the molecule is Cc1cc(O)c(C[NH+]2CCN(c3ccccc3F)CC2)cc1C(C)C. The molecule has 0 aliphatic carbocycles. The Bertz CT molecular complexity index is 737. The number of hydrogen-bond donors (Lipinski definition) is 2. The van der Waals surface area contributed by atoms with Crippen LogP contribution in [0, 0.1) is 12.7 Å². The van der Waals surface area contributed by atoms with Crippen LogP contribution in [0.4, 0.5) is 10.1 Å². The number of quaternary nitrogens is 1. The Labute approximate surface area is 149 Å². The van der Waals surface area contributed by atoms with Gasteiger partial charge in [0.25, 0.3) is 0 Å². The number of rotatable bonds is 4. The quantitative estimate of drug-likeness (QED) is 0.893. The normalized spacial score (nSPS) is 15.8. The first-order valence-electron chi connectivity index (χ1n) is 9.11. The van der Waals surface area contributed by atoms with Crippen LogP contribution in [-0.2, 0) is 6.54 Å². The predicted molar refractivity (Wildman–Crippen MR) is 99.9 cm³/mol. The van der Waals surface area contributed by atoms with E-state index in [-0.39, 0.29) is 5.82 Å². The van der Waals surface area contributed by atoms with Crippen molar-refractivity contribution < 1.29 is 14.4 Å². The molecule has 1 aliphatic rings. The number of benzene rings is 2. The Morgan fingerprint density at radius 2 is 1.84 bits per heavy atom. The van der Waals surface area contributed by atoms with Crippen LogP contribution in [-0.4, -0.2) is 31.3 Å². The Hall–Kier alpha value is -2.07. The van der Waals surface area contributed by atoms with Gasteiger partial charge in [-0.15, -0.1) is 0 Å². The van der Waals surface area contributed by atoms with E-state index in [1.807, 2.05) is 18.2 Å². The first-order valence-corrected chi connectivity index (χ1v) is 9.11. The van der Waals surface area contributed by atoms with E-state index < -0.39 is 0 Å². The van der Waals surface area contributed by atoms with Gasteiger partial charge in [0.2, 0.25) is 0 Å². The second-order valence-corrected chi connectivity index (χ2v) is 7.36. The summed E-state index contributed by atoms with van der Waals surface area (Å²) in [6, 6.07) is 11.0. The third-order valence-corrected chi connectivity index (χ3v) is 5.19.